The van der Waals surface area contributed by atoms with Gasteiger partial charge in [0, 0.05) is 0 Å². The van der Waals surface area contributed by atoms with Crippen molar-refractivity contribution in [3.05, 3.63) is 0 Å². The van der Waals surface area contributed by atoms with Crippen molar-refractivity contribution in [2.24, 2.45) is 0 Å². The summed E-state index contributed by atoms with van der Waals surface area (Å²) < 4.78 is 0. The highest BCUT2D eigenvalue weighted by Crippen LogP contribution is 2.15. The van der Waals surface area contributed by atoms with Crippen molar-refractivity contribution < 1.29 is 15.0 Å². The topological polar surface area (TPSA) is 60.8 Å². The molecule has 0 radical (unpaired) electrons. The molecule has 0 aliphatic carbocycles. The minimum atomic E-state index is -1.11. The molecule has 0 amide bonds. The van der Waals surface area contributed by atoms with Gasteiger partial charge in [0.15, 0.2) is 0 Å². The number of hydrogen-bond acceptors (Lipinski definition) is 3. The summed E-state index contributed by atoms with van der Waals surface area (Å²) in [5.41, 5.74) is -1.11. The Hall–Kier alpha value is -0.610. The van der Waals surface area contributed by atoms with Crippen LogP contribution < -0.4 is 0 Å². The van der Waals surface area contributed by atoms with Gasteiger partial charge in [-0.05, 0) is 20.5 Å². The molecule has 2 N–H and O–H groups in total. The number of aliphatic hydroxyl groups excluding tert-OH is 1. The quantitative estimate of drug-likeness (QED) is 0.690. The molecule has 0 aromatic carbocycles. The average molecular weight is 191 g/mol. The Morgan fingerprint density at radius 1 is 1.38 bits per heavy atom. The molecule has 13 heavy (non-hydrogen) atoms. The van der Waals surface area contributed by atoms with Gasteiger partial charge in [-0.25, -0.2) is 0 Å². The van der Waals surface area contributed by atoms with E-state index in [-0.39, 0.29) is 6.61 Å². The van der Waals surface area contributed by atoms with Gasteiger partial charge >= 0.3 is 5.97 Å². The zero-order valence-electron chi connectivity index (χ0n) is 9.16. The van der Waals surface area contributed by atoms with E-state index in [2.05, 4.69) is 0 Å². The molecule has 0 bridgehead atoms. The minimum Gasteiger partial charge on any atom is -0.480 e. The molecule has 4 heteroatoms. The smallest absolute Gasteiger partial charge is 0.326 e. The highest BCUT2D eigenvalue weighted by Gasteiger charge is 2.38. The second kappa shape index (κ2) is 6.86. The first kappa shape index (κ1) is 14.9. The van der Waals surface area contributed by atoms with Crippen LogP contribution in [0.15, 0.2) is 0 Å². The van der Waals surface area contributed by atoms with Crippen LogP contribution in [-0.4, -0.2) is 47.3 Å². The molecule has 0 aliphatic rings. The third kappa shape index (κ3) is 3.32. The van der Waals surface area contributed by atoms with Crippen LogP contribution in [0, 0.1) is 0 Å². The predicted octanol–water partition coefficient (Wildman–Crippen LogP) is 0.800. The van der Waals surface area contributed by atoms with Gasteiger partial charge in [-0.1, -0.05) is 20.8 Å². The Bertz CT molecular complexity index is 142. The van der Waals surface area contributed by atoms with E-state index in [1.807, 2.05) is 13.8 Å². The van der Waals surface area contributed by atoms with E-state index >= 15 is 0 Å². The number of carbonyl (C=O) groups is 1. The summed E-state index contributed by atoms with van der Waals surface area (Å²) in [7, 11) is 3.29. The molecule has 0 aromatic rings. The molecule has 4 nitrogen and oxygen atoms in total. The number of hydrogen-bond donors (Lipinski definition) is 2. The lowest BCUT2D eigenvalue weighted by molar-refractivity contribution is -0.152. The summed E-state index contributed by atoms with van der Waals surface area (Å²) in [5, 5.41) is 17.7. The summed E-state index contributed by atoms with van der Waals surface area (Å²) in [6.45, 7) is 5.39. The summed E-state index contributed by atoms with van der Waals surface area (Å²) >= 11 is 0. The second-order valence-electron chi connectivity index (χ2n) is 2.74. The minimum absolute atomic E-state index is 0.355. The molecule has 0 fully saturated rings. The van der Waals surface area contributed by atoms with Gasteiger partial charge in [0.1, 0.15) is 5.54 Å². The Labute approximate surface area is 80.2 Å². The molecule has 0 heterocycles. The monoisotopic (exact) mass is 191 g/mol. The van der Waals surface area contributed by atoms with E-state index in [1.54, 1.807) is 21.0 Å². The summed E-state index contributed by atoms with van der Waals surface area (Å²) in [5.74, 6) is -0.979. The van der Waals surface area contributed by atoms with Crippen LogP contribution in [-0.2, 0) is 4.79 Å². The van der Waals surface area contributed by atoms with Crippen molar-refractivity contribution in [2.45, 2.75) is 32.7 Å². The lowest BCUT2D eigenvalue weighted by Gasteiger charge is -2.32. The number of rotatable bonds is 4. The molecule has 0 unspecified atom stereocenters. The second-order valence-corrected chi connectivity index (χ2v) is 2.74. The maximum Gasteiger partial charge on any atom is 0.326 e. The number of likely N-dealkylation sites (N-methyl/N-ethyl adjacent to an activating group) is 1. The van der Waals surface area contributed by atoms with Crippen LogP contribution >= 0.6 is 0 Å². The Morgan fingerprint density at radius 2 is 1.77 bits per heavy atom. The molecule has 0 spiro atoms. The van der Waals surface area contributed by atoms with Crippen molar-refractivity contribution in [1.82, 2.24) is 4.90 Å². The molecule has 0 aromatic heterocycles. The number of nitrogens with zero attached hydrogens (tertiary/aromatic N) is 1. The van der Waals surface area contributed by atoms with Crippen molar-refractivity contribution in [3.8, 4) is 0 Å². The zero-order chi connectivity index (χ0) is 11.1. The fourth-order valence-electron chi connectivity index (χ4n) is 0.980. The summed E-state index contributed by atoms with van der Waals surface area (Å²) in [4.78, 5) is 12.2. The van der Waals surface area contributed by atoms with E-state index in [1.165, 1.54) is 4.90 Å². The van der Waals surface area contributed by atoms with Crippen LogP contribution in [0.2, 0.25) is 0 Å². The first-order chi connectivity index (χ1) is 6.01. The van der Waals surface area contributed by atoms with Gasteiger partial charge in [-0.2, -0.15) is 0 Å². The molecule has 0 aliphatic heterocycles. The Kier molecular flexibility index (Phi) is 7.85. The van der Waals surface area contributed by atoms with Crippen LogP contribution in [0.4, 0.5) is 0 Å². The normalized spacial score (nSPS) is 14.4. The van der Waals surface area contributed by atoms with Crippen LogP contribution in [0.3, 0.4) is 0 Å². The Morgan fingerprint density at radius 3 is 1.77 bits per heavy atom. The van der Waals surface area contributed by atoms with Crippen LogP contribution in [0.25, 0.3) is 0 Å². The fraction of sp³-hybridized carbons (Fsp3) is 0.889. The fourth-order valence-corrected chi connectivity index (χ4v) is 0.980. The zero-order valence-corrected chi connectivity index (χ0v) is 9.16. The molecule has 0 saturated carbocycles. The van der Waals surface area contributed by atoms with Gasteiger partial charge < -0.3 is 10.2 Å². The third-order valence-electron chi connectivity index (χ3n) is 2.10. The maximum absolute atomic E-state index is 10.7. The average Bonchev–Trinajstić information content (AvgIpc) is 2.10. The number of aliphatic hydroxyl groups is 1. The molecule has 0 rings (SSSR count). The standard InChI is InChI=1S/C7H15NO3.C2H6/c1-4-7(5-9,6(10)11)8(2)3;1-2/h9H,4-5H2,1-3H3,(H,10,11);1-2H3/t7-;/m1./s1. The van der Waals surface area contributed by atoms with Crippen molar-refractivity contribution in [2.75, 3.05) is 20.7 Å². The molecule has 0 saturated heterocycles. The SMILES string of the molecule is CC.CC[C@@](CO)(C(=O)O)N(C)C. The van der Waals surface area contributed by atoms with E-state index in [9.17, 15) is 4.79 Å². The number of aliphatic carboxylic acids is 1. The predicted molar refractivity (Wildman–Crippen MR) is 52.8 cm³/mol. The van der Waals surface area contributed by atoms with Crippen molar-refractivity contribution >= 4 is 5.97 Å². The number of carboxylic acid groups (broad SMARTS) is 1. The van der Waals surface area contributed by atoms with Gasteiger partial charge in [0.25, 0.3) is 0 Å². The first-order valence-electron chi connectivity index (χ1n) is 4.53. The van der Waals surface area contributed by atoms with Gasteiger partial charge in [-0.3, -0.25) is 9.69 Å². The van der Waals surface area contributed by atoms with E-state index in [0.29, 0.717) is 6.42 Å². The maximum atomic E-state index is 10.7. The molecular formula is C9H21NO3. The van der Waals surface area contributed by atoms with Crippen molar-refractivity contribution in [3.63, 3.8) is 0 Å². The van der Waals surface area contributed by atoms with Crippen LogP contribution in [0.1, 0.15) is 27.2 Å². The molecule has 80 valence electrons. The highest BCUT2D eigenvalue weighted by atomic mass is 16.4. The third-order valence-corrected chi connectivity index (χ3v) is 2.10. The van der Waals surface area contributed by atoms with Crippen molar-refractivity contribution in [1.29, 1.82) is 0 Å². The highest BCUT2D eigenvalue weighted by molar-refractivity contribution is 5.78. The van der Waals surface area contributed by atoms with E-state index in [0.717, 1.165) is 0 Å². The lowest BCUT2D eigenvalue weighted by atomic mass is 9.96. The summed E-state index contributed by atoms with van der Waals surface area (Å²) in [6.07, 6.45) is 0.395. The summed E-state index contributed by atoms with van der Waals surface area (Å²) in [6, 6.07) is 0. The number of carboxylic acids is 1. The first-order valence-corrected chi connectivity index (χ1v) is 4.53. The van der Waals surface area contributed by atoms with E-state index in [4.69, 9.17) is 10.2 Å². The van der Waals surface area contributed by atoms with Gasteiger partial charge in [0.05, 0.1) is 6.61 Å². The van der Waals surface area contributed by atoms with Gasteiger partial charge in [-0.15, -0.1) is 0 Å². The molecule has 1 atom stereocenters. The molecular weight excluding hydrogens is 170 g/mol. The van der Waals surface area contributed by atoms with Gasteiger partial charge in [0.2, 0.25) is 0 Å². The largest absolute Gasteiger partial charge is 0.480 e. The Balaban J connectivity index is 0. The van der Waals surface area contributed by atoms with Crippen LogP contribution in [0.5, 0.6) is 0 Å². The lowest BCUT2D eigenvalue weighted by Crippen LogP contribution is -2.53. The van der Waals surface area contributed by atoms with E-state index < -0.39 is 11.5 Å².